The van der Waals surface area contributed by atoms with E-state index in [1.807, 2.05) is 85.1 Å². The van der Waals surface area contributed by atoms with Crippen molar-refractivity contribution in [2.75, 3.05) is 0 Å². The summed E-state index contributed by atoms with van der Waals surface area (Å²) in [6.45, 7) is 1.96. The number of nitrogens with zero attached hydrogens (tertiary/aromatic N) is 2. The van der Waals surface area contributed by atoms with Crippen LogP contribution in [0, 0.1) is 0 Å². The number of carbonyl (C=O) groups is 1. The van der Waals surface area contributed by atoms with E-state index in [2.05, 4.69) is 18.2 Å². The molecule has 0 saturated carbocycles. The third-order valence-electron chi connectivity index (χ3n) is 6.38. The van der Waals surface area contributed by atoms with E-state index in [1.54, 1.807) is 4.57 Å². The molecule has 7 heteroatoms. The van der Waals surface area contributed by atoms with Crippen molar-refractivity contribution in [2.24, 2.45) is 4.99 Å². The van der Waals surface area contributed by atoms with Crippen LogP contribution in [0.4, 0.5) is 0 Å². The fourth-order valence-corrected chi connectivity index (χ4v) is 6.48. The normalized spacial score (nSPS) is 15.5. The molecule has 182 valence electrons. The maximum atomic E-state index is 13.8. The Bertz CT molecular complexity index is 1830. The topological polar surface area (TPSA) is 60.7 Å². The molecular weight excluding hydrogens is 500 g/mol. The van der Waals surface area contributed by atoms with Crippen molar-refractivity contribution < 1.29 is 9.53 Å². The summed E-state index contributed by atoms with van der Waals surface area (Å²) >= 11 is 2.85. The van der Waals surface area contributed by atoms with Crippen LogP contribution < -0.4 is 14.9 Å². The fraction of sp³-hybridized carbons (Fsp3) is 0.100. The Morgan fingerprint density at radius 2 is 1.78 bits per heavy atom. The van der Waals surface area contributed by atoms with Crippen LogP contribution in [0.5, 0.6) is 0 Å². The minimum atomic E-state index is -0.589. The molecule has 5 aromatic rings. The van der Waals surface area contributed by atoms with Crippen molar-refractivity contribution >= 4 is 45.5 Å². The fourth-order valence-electron chi connectivity index (χ4n) is 4.62. The first kappa shape index (κ1) is 23.3. The van der Waals surface area contributed by atoms with E-state index in [-0.39, 0.29) is 12.2 Å². The molecule has 1 atom stereocenters. The summed E-state index contributed by atoms with van der Waals surface area (Å²) in [5.41, 5.74) is 2.65. The van der Waals surface area contributed by atoms with Gasteiger partial charge in [0.2, 0.25) is 0 Å². The smallest absolute Gasteiger partial charge is 0.338 e. The third kappa shape index (κ3) is 4.37. The quantitative estimate of drug-likeness (QED) is 0.299. The molecule has 5 nitrogen and oxygen atoms in total. The van der Waals surface area contributed by atoms with Crippen molar-refractivity contribution in [3.05, 3.63) is 137 Å². The summed E-state index contributed by atoms with van der Waals surface area (Å²) in [6, 6.07) is 27.0. The molecule has 0 amide bonds. The minimum Gasteiger partial charge on any atom is -0.457 e. The summed E-state index contributed by atoms with van der Waals surface area (Å²) in [5, 5.41) is 4.13. The van der Waals surface area contributed by atoms with Crippen molar-refractivity contribution in [2.45, 2.75) is 19.6 Å². The van der Waals surface area contributed by atoms with E-state index < -0.39 is 12.0 Å². The van der Waals surface area contributed by atoms with Crippen molar-refractivity contribution in [3.8, 4) is 0 Å². The number of ether oxygens (including phenoxy) is 1. The largest absolute Gasteiger partial charge is 0.457 e. The molecule has 0 aliphatic carbocycles. The van der Waals surface area contributed by atoms with Crippen LogP contribution in [0.25, 0.3) is 16.8 Å². The van der Waals surface area contributed by atoms with Gasteiger partial charge in [0.05, 0.1) is 15.8 Å². The zero-order valence-electron chi connectivity index (χ0n) is 20.0. The number of thiophene rings is 1. The lowest BCUT2D eigenvalue weighted by Gasteiger charge is -2.23. The number of aromatic nitrogens is 1. The van der Waals surface area contributed by atoms with Crippen LogP contribution in [0.3, 0.4) is 0 Å². The number of esters is 1. The first-order valence-electron chi connectivity index (χ1n) is 11.8. The molecule has 1 aliphatic heterocycles. The van der Waals surface area contributed by atoms with Crippen LogP contribution in [0.1, 0.15) is 29.0 Å². The number of allylic oxidation sites excluding steroid dienone is 1. The molecule has 1 unspecified atom stereocenters. The monoisotopic (exact) mass is 522 g/mol. The zero-order chi connectivity index (χ0) is 25.4. The van der Waals surface area contributed by atoms with Crippen LogP contribution in [0.2, 0.25) is 0 Å². The zero-order valence-corrected chi connectivity index (χ0v) is 21.6. The summed E-state index contributed by atoms with van der Waals surface area (Å²) in [7, 11) is 0. The van der Waals surface area contributed by atoms with E-state index in [0.29, 0.717) is 20.6 Å². The molecule has 1 aliphatic rings. The SMILES string of the molecule is CC1=C(C(=O)OCc2ccccc2)C(c2cccs2)n2c(sc(=Cc3cccc4ccccc34)c2=O)=N1. The van der Waals surface area contributed by atoms with Gasteiger partial charge in [0.15, 0.2) is 4.80 Å². The Hall–Kier alpha value is -4.07. The van der Waals surface area contributed by atoms with Gasteiger partial charge in [0.1, 0.15) is 12.6 Å². The van der Waals surface area contributed by atoms with Crippen LogP contribution >= 0.6 is 22.7 Å². The average molecular weight is 523 g/mol. The number of carbonyl (C=O) groups excluding carboxylic acids is 1. The first-order valence-corrected chi connectivity index (χ1v) is 13.5. The molecule has 3 aromatic carbocycles. The second kappa shape index (κ2) is 9.76. The van der Waals surface area contributed by atoms with Gasteiger partial charge in [-0.1, -0.05) is 90.2 Å². The lowest BCUT2D eigenvalue weighted by atomic mass is 10.0. The lowest BCUT2D eigenvalue weighted by Crippen LogP contribution is -2.39. The summed E-state index contributed by atoms with van der Waals surface area (Å²) < 4.78 is 7.91. The van der Waals surface area contributed by atoms with Crippen molar-refractivity contribution in [3.63, 3.8) is 0 Å². The van der Waals surface area contributed by atoms with Gasteiger partial charge in [-0.3, -0.25) is 9.36 Å². The number of fused-ring (bicyclic) bond motifs is 2. The van der Waals surface area contributed by atoms with E-state index in [4.69, 9.17) is 9.73 Å². The second-order valence-electron chi connectivity index (χ2n) is 8.73. The molecule has 0 radical (unpaired) electrons. The molecule has 0 saturated heterocycles. The summed E-state index contributed by atoms with van der Waals surface area (Å²) in [4.78, 5) is 33.4. The number of rotatable bonds is 5. The van der Waals surface area contributed by atoms with Crippen LogP contribution in [-0.2, 0) is 16.1 Å². The number of hydrogen-bond donors (Lipinski definition) is 0. The third-order valence-corrected chi connectivity index (χ3v) is 8.28. The Morgan fingerprint density at radius 3 is 2.59 bits per heavy atom. The average Bonchev–Trinajstić information content (AvgIpc) is 3.56. The number of hydrogen-bond acceptors (Lipinski definition) is 6. The lowest BCUT2D eigenvalue weighted by molar-refractivity contribution is -0.140. The molecule has 0 fully saturated rings. The molecule has 37 heavy (non-hydrogen) atoms. The van der Waals surface area contributed by atoms with E-state index in [0.717, 1.165) is 26.8 Å². The Balaban J connectivity index is 1.46. The second-order valence-corrected chi connectivity index (χ2v) is 10.7. The highest BCUT2D eigenvalue weighted by molar-refractivity contribution is 7.10. The Morgan fingerprint density at radius 1 is 1.00 bits per heavy atom. The van der Waals surface area contributed by atoms with Crippen LogP contribution in [-0.4, -0.2) is 10.5 Å². The molecule has 3 heterocycles. The van der Waals surface area contributed by atoms with Crippen LogP contribution in [0.15, 0.2) is 111 Å². The highest BCUT2D eigenvalue weighted by atomic mass is 32.1. The predicted molar refractivity (Wildman–Crippen MR) is 148 cm³/mol. The minimum absolute atomic E-state index is 0.152. The van der Waals surface area contributed by atoms with Gasteiger partial charge in [-0.25, -0.2) is 9.79 Å². The van der Waals surface area contributed by atoms with Gasteiger partial charge in [0.25, 0.3) is 5.56 Å². The standard InChI is InChI=1S/C30H22N2O3S2/c1-19-26(29(34)35-18-20-9-3-2-4-10-20)27(24-15-8-16-36-24)32-28(33)25(37-30(32)31-19)17-22-13-7-12-21-11-5-6-14-23(21)22/h2-17,27H,18H2,1H3. The van der Waals surface area contributed by atoms with Gasteiger partial charge in [-0.2, -0.15) is 0 Å². The van der Waals surface area contributed by atoms with Gasteiger partial charge in [-0.05, 0) is 46.3 Å². The molecule has 0 bridgehead atoms. The molecule has 2 aromatic heterocycles. The van der Waals surface area contributed by atoms with E-state index in [9.17, 15) is 9.59 Å². The van der Waals surface area contributed by atoms with Crippen molar-refractivity contribution in [1.82, 2.24) is 4.57 Å². The Kier molecular flexibility index (Phi) is 6.16. The highest BCUT2D eigenvalue weighted by Crippen LogP contribution is 2.33. The first-order chi connectivity index (χ1) is 18.1. The number of benzene rings is 3. The summed E-state index contributed by atoms with van der Waals surface area (Å²) in [6.07, 6.45) is 1.92. The predicted octanol–water partition coefficient (Wildman–Crippen LogP) is 5.19. The summed E-state index contributed by atoms with van der Waals surface area (Å²) in [5.74, 6) is -0.466. The van der Waals surface area contributed by atoms with Gasteiger partial charge in [0, 0.05) is 4.88 Å². The number of thiazole rings is 1. The molecule has 0 N–H and O–H groups in total. The Labute approximate surface area is 220 Å². The maximum absolute atomic E-state index is 13.8. The molecule has 6 rings (SSSR count). The van der Waals surface area contributed by atoms with Gasteiger partial charge >= 0.3 is 5.97 Å². The van der Waals surface area contributed by atoms with Gasteiger partial charge in [-0.15, -0.1) is 11.3 Å². The highest BCUT2D eigenvalue weighted by Gasteiger charge is 2.34. The van der Waals surface area contributed by atoms with Gasteiger partial charge < -0.3 is 4.74 Å². The van der Waals surface area contributed by atoms with E-state index >= 15 is 0 Å². The van der Waals surface area contributed by atoms with Crippen molar-refractivity contribution in [1.29, 1.82) is 0 Å². The molecule has 0 spiro atoms. The maximum Gasteiger partial charge on any atom is 0.338 e. The van der Waals surface area contributed by atoms with E-state index in [1.165, 1.54) is 22.7 Å². The molecular formula is C30H22N2O3S2.